The highest BCUT2D eigenvalue weighted by Crippen LogP contribution is 2.38. The standard InChI is InChI=1S/C24H16BrN3O4/c1-31-23-12-18(10-20(14-27)19-4-2-3-17(9-19)13-26)11-22(25)24(23)32-15-16-5-7-21(8-6-16)28(29)30/h2-12H,15H2,1H3. The lowest BCUT2D eigenvalue weighted by Gasteiger charge is -2.14. The van der Waals surface area contributed by atoms with Gasteiger partial charge in [-0.3, -0.25) is 10.1 Å². The molecule has 0 spiro atoms. The molecule has 0 radical (unpaired) electrons. The van der Waals surface area contributed by atoms with Crippen molar-refractivity contribution >= 4 is 33.3 Å². The van der Waals surface area contributed by atoms with E-state index in [9.17, 15) is 15.4 Å². The molecule has 0 saturated carbocycles. The Kier molecular flexibility index (Phi) is 7.22. The van der Waals surface area contributed by atoms with Crippen LogP contribution in [0.3, 0.4) is 0 Å². The Balaban J connectivity index is 1.87. The van der Waals surface area contributed by atoms with Crippen LogP contribution in [-0.2, 0) is 6.61 Å². The van der Waals surface area contributed by atoms with E-state index < -0.39 is 4.92 Å². The highest BCUT2D eigenvalue weighted by Gasteiger charge is 2.13. The van der Waals surface area contributed by atoms with Crippen LogP contribution in [0.4, 0.5) is 5.69 Å². The third kappa shape index (κ3) is 5.31. The topological polar surface area (TPSA) is 109 Å². The van der Waals surface area contributed by atoms with Crippen molar-refractivity contribution in [3.63, 3.8) is 0 Å². The molecule has 0 saturated heterocycles. The molecule has 0 aliphatic carbocycles. The van der Waals surface area contributed by atoms with E-state index in [1.54, 1.807) is 54.6 Å². The molecule has 0 aliphatic rings. The molecule has 0 heterocycles. The number of non-ortho nitro benzene ring substituents is 1. The van der Waals surface area contributed by atoms with E-state index in [0.29, 0.717) is 38.2 Å². The molecule has 0 fully saturated rings. The zero-order valence-electron chi connectivity index (χ0n) is 16.9. The number of methoxy groups -OCH3 is 1. The lowest BCUT2D eigenvalue weighted by molar-refractivity contribution is -0.384. The second kappa shape index (κ2) is 10.3. The molecule has 32 heavy (non-hydrogen) atoms. The summed E-state index contributed by atoms with van der Waals surface area (Å²) in [5, 5.41) is 29.5. The van der Waals surface area contributed by atoms with Gasteiger partial charge in [0.25, 0.3) is 5.69 Å². The monoisotopic (exact) mass is 489 g/mol. The molecule has 3 aromatic carbocycles. The summed E-state index contributed by atoms with van der Waals surface area (Å²) in [6.45, 7) is 0.187. The molecule has 0 bridgehead atoms. The minimum absolute atomic E-state index is 0.0113. The van der Waals surface area contributed by atoms with E-state index in [2.05, 4.69) is 28.1 Å². The first-order valence-electron chi connectivity index (χ1n) is 9.31. The maximum atomic E-state index is 10.8. The number of nitriles is 2. The van der Waals surface area contributed by atoms with Gasteiger partial charge in [0.1, 0.15) is 6.61 Å². The molecule has 3 rings (SSSR count). The number of nitro benzene ring substituents is 1. The molecule has 0 unspecified atom stereocenters. The van der Waals surface area contributed by atoms with Gasteiger partial charge in [-0.15, -0.1) is 0 Å². The van der Waals surface area contributed by atoms with Crippen LogP contribution in [0.25, 0.3) is 11.6 Å². The number of hydrogen-bond acceptors (Lipinski definition) is 6. The predicted molar refractivity (Wildman–Crippen MR) is 123 cm³/mol. The minimum atomic E-state index is -0.456. The summed E-state index contributed by atoms with van der Waals surface area (Å²) in [4.78, 5) is 10.3. The van der Waals surface area contributed by atoms with Crippen molar-refractivity contribution in [2.45, 2.75) is 6.61 Å². The summed E-state index contributed by atoms with van der Waals surface area (Å²) >= 11 is 3.48. The summed E-state index contributed by atoms with van der Waals surface area (Å²) in [5.41, 5.74) is 2.98. The van der Waals surface area contributed by atoms with E-state index in [0.717, 1.165) is 5.56 Å². The number of halogens is 1. The Morgan fingerprint density at radius 3 is 2.53 bits per heavy atom. The molecule has 0 aromatic heterocycles. The highest BCUT2D eigenvalue weighted by atomic mass is 79.9. The first-order valence-corrected chi connectivity index (χ1v) is 10.1. The van der Waals surface area contributed by atoms with Crippen LogP contribution in [0.5, 0.6) is 11.5 Å². The van der Waals surface area contributed by atoms with E-state index >= 15 is 0 Å². The van der Waals surface area contributed by atoms with E-state index in [-0.39, 0.29) is 12.3 Å². The quantitative estimate of drug-likeness (QED) is 0.177. The Morgan fingerprint density at radius 1 is 1.16 bits per heavy atom. The molecular formula is C24H16BrN3O4. The van der Waals surface area contributed by atoms with Crippen LogP contribution in [0.1, 0.15) is 22.3 Å². The van der Waals surface area contributed by atoms with Gasteiger partial charge < -0.3 is 9.47 Å². The average molecular weight is 490 g/mol. The molecule has 0 atom stereocenters. The van der Waals surface area contributed by atoms with Crippen molar-refractivity contribution in [1.82, 2.24) is 0 Å². The van der Waals surface area contributed by atoms with Crippen LogP contribution >= 0.6 is 15.9 Å². The highest BCUT2D eigenvalue weighted by molar-refractivity contribution is 9.10. The van der Waals surface area contributed by atoms with E-state index in [4.69, 9.17) is 14.7 Å². The van der Waals surface area contributed by atoms with E-state index in [1.165, 1.54) is 19.2 Å². The smallest absolute Gasteiger partial charge is 0.269 e. The van der Waals surface area contributed by atoms with Gasteiger partial charge in [-0.2, -0.15) is 10.5 Å². The number of rotatable bonds is 7. The summed E-state index contributed by atoms with van der Waals surface area (Å²) in [6.07, 6.45) is 1.70. The number of ether oxygens (including phenoxy) is 2. The molecule has 0 N–H and O–H groups in total. The summed E-state index contributed by atoms with van der Waals surface area (Å²) < 4.78 is 12.0. The maximum absolute atomic E-state index is 10.8. The van der Waals surface area contributed by atoms with Gasteiger partial charge in [-0.05, 0) is 75.1 Å². The molecule has 158 valence electrons. The van der Waals surface area contributed by atoms with Crippen molar-refractivity contribution in [3.8, 4) is 23.6 Å². The number of benzene rings is 3. The lowest BCUT2D eigenvalue weighted by Crippen LogP contribution is -1.99. The van der Waals surface area contributed by atoms with E-state index in [1.807, 2.05) is 0 Å². The normalized spacial score (nSPS) is 10.7. The summed E-state index contributed by atoms with van der Waals surface area (Å²) in [6, 6.07) is 20.7. The van der Waals surface area contributed by atoms with Gasteiger partial charge in [0.2, 0.25) is 0 Å². The average Bonchev–Trinajstić information content (AvgIpc) is 2.81. The number of nitrogens with zero attached hydrogens (tertiary/aromatic N) is 3. The summed E-state index contributed by atoms with van der Waals surface area (Å²) in [7, 11) is 1.51. The van der Waals surface area contributed by atoms with Crippen LogP contribution < -0.4 is 9.47 Å². The maximum Gasteiger partial charge on any atom is 0.269 e. The number of allylic oxidation sites excluding steroid dienone is 1. The summed E-state index contributed by atoms with van der Waals surface area (Å²) in [5.74, 6) is 0.920. The number of hydrogen-bond donors (Lipinski definition) is 0. The molecule has 8 heteroatoms. The first kappa shape index (κ1) is 22.5. The Labute approximate surface area is 193 Å². The fourth-order valence-electron chi connectivity index (χ4n) is 2.94. The van der Waals surface area contributed by atoms with Crippen molar-refractivity contribution < 1.29 is 14.4 Å². The molecular weight excluding hydrogens is 474 g/mol. The van der Waals surface area contributed by atoms with Gasteiger partial charge in [-0.25, -0.2) is 0 Å². The second-order valence-corrected chi connectivity index (χ2v) is 7.46. The fraction of sp³-hybridized carbons (Fsp3) is 0.0833. The van der Waals surface area contributed by atoms with Crippen LogP contribution in [0.2, 0.25) is 0 Å². The van der Waals surface area contributed by atoms with Crippen LogP contribution in [0, 0.1) is 32.8 Å². The van der Waals surface area contributed by atoms with Gasteiger partial charge in [-0.1, -0.05) is 12.1 Å². The second-order valence-electron chi connectivity index (χ2n) is 6.61. The van der Waals surface area contributed by atoms with Crippen LogP contribution in [-0.4, -0.2) is 12.0 Å². The first-order chi connectivity index (χ1) is 15.4. The largest absolute Gasteiger partial charge is 0.493 e. The van der Waals surface area contributed by atoms with Gasteiger partial charge >= 0.3 is 0 Å². The predicted octanol–water partition coefficient (Wildman–Crippen LogP) is 5.88. The molecule has 7 nitrogen and oxygen atoms in total. The Bertz CT molecular complexity index is 1270. The Hall–Kier alpha value is -4.14. The molecule has 3 aromatic rings. The lowest BCUT2D eigenvalue weighted by atomic mass is 10.0. The zero-order chi connectivity index (χ0) is 23.1. The Morgan fingerprint density at radius 2 is 1.91 bits per heavy atom. The fourth-order valence-corrected chi connectivity index (χ4v) is 3.51. The van der Waals surface area contributed by atoms with Crippen molar-refractivity contribution in [1.29, 1.82) is 10.5 Å². The van der Waals surface area contributed by atoms with Crippen molar-refractivity contribution in [3.05, 3.63) is 97.5 Å². The van der Waals surface area contributed by atoms with Crippen molar-refractivity contribution in [2.75, 3.05) is 7.11 Å². The molecule has 0 aliphatic heterocycles. The third-order valence-corrected chi connectivity index (χ3v) is 5.11. The molecule has 0 amide bonds. The van der Waals surface area contributed by atoms with Gasteiger partial charge in [0, 0.05) is 12.1 Å². The zero-order valence-corrected chi connectivity index (χ0v) is 18.5. The SMILES string of the molecule is COc1cc(C=C(C#N)c2cccc(C#N)c2)cc(Br)c1OCc1ccc([N+](=O)[O-])cc1. The van der Waals surface area contributed by atoms with Gasteiger partial charge in [0.05, 0.1) is 39.8 Å². The third-order valence-electron chi connectivity index (χ3n) is 4.52. The number of nitro groups is 1. The van der Waals surface area contributed by atoms with Crippen molar-refractivity contribution in [2.24, 2.45) is 0 Å². The minimum Gasteiger partial charge on any atom is -0.493 e. The van der Waals surface area contributed by atoms with Gasteiger partial charge in [0.15, 0.2) is 11.5 Å². The van der Waals surface area contributed by atoms with Crippen LogP contribution in [0.15, 0.2) is 65.1 Å².